The van der Waals surface area contributed by atoms with Crippen LogP contribution < -0.4 is 10.1 Å². The average molecular weight is 493 g/mol. The number of hydrogen-bond acceptors (Lipinski definition) is 3. The van der Waals surface area contributed by atoms with E-state index in [9.17, 15) is 9.59 Å². The molecule has 0 aromatic heterocycles. The van der Waals surface area contributed by atoms with Crippen LogP contribution in [0, 0.1) is 6.92 Å². The van der Waals surface area contributed by atoms with E-state index in [0.29, 0.717) is 29.5 Å². The standard InChI is InChI=1S/C26H34Cl2N2O3/c1-6-23(25(32)29-26(3,4)5)30(17-19-11-14-21(27)22(28)16-19)24(31)8-7-15-33-20-12-9-18(2)10-13-20/h9-14,16,23H,6-8,15,17H2,1-5H3,(H,29,32). The zero-order chi connectivity index (χ0) is 24.6. The lowest BCUT2D eigenvalue weighted by molar-refractivity contribution is -0.142. The lowest BCUT2D eigenvalue weighted by Crippen LogP contribution is -2.53. The Morgan fingerprint density at radius 2 is 1.73 bits per heavy atom. The van der Waals surface area contributed by atoms with Crippen molar-refractivity contribution in [3.8, 4) is 5.75 Å². The molecule has 2 aromatic carbocycles. The number of nitrogens with one attached hydrogen (secondary N) is 1. The predicted molar refractivity (Wildman–Crippen MR) is 135 cm³/mol. The summed E-state index contributed by atoms with van der Waals surface area (Å²) < 4.78 is 5.76. The molecule has 0 radical (unpaired) electrons. The second kappa shape index (κ2) is 12.3. The zero-order valence-corrected chi connectivity index (χ0v) is 21.6. The third-order valence-corrected chi connectivity index (χ3v) is 5.78. The minimum Gasteiger partial charge on any atom is -0.494 e. The van der Waals surface area contributed by atoms with Crippen LogP contribution in [0.15, 0.2) is 42.5 Å². The molecule has 7 heteroatoms. The molecule has 33 heavy (non-hydrogen) atoms. The first-order valence-corrected chi connectivity index (χ1v) is 12.0. The molecular formula is C26H34Cl2N2O3. The molecule has 1 N–H and O–H groups in total. The number of amides is 2. The van der Waals surface area contributed by atoms with Gasteiger partial charge in [-0.2, -0.15) is 0 Å². The molecule has 0 bridgehead atoms. The minimum atomic E-state index is -0.593. The van der Waals surface area contributed by atoms with E-state index < -0.39 is 11.6 Å². The number of nitrogens with zero attached hydrogens (tertiary/aromatic N) is 1. The molecule has 2 aromatic rings. The van der Waals surface area contributed by atoms with Gasteiger partial charge < -0.3 is 15.0 Å². The predicted octanol–water partition coefficient (Wildman–Crippen LogP) is 6.18. The fourth-order valence-electron chi connectivity index (χ4n) is 3.40. The van der Waals surface area contributed by atoms with Crippen LogP contribution in [-0.4, -0.2) is 34.9 Å². The zero-order valence-electron chi connectivity index (χ0n) is 20.1. The summed E-state index contributed by atoms with van der Waals surface area (Å²) in [6.45, 7) is 10.4. The summed E-state index contributed by atoms with van der Waals surface area (Å²) in [5.41, 5.74) is 1.58. The number of rotatable bonds is 10. The highest BCUT2D eigenvalue weighted by atomic mass is 35.5. The van der Waals surface area contributed by atoms with Gasteiger partial charge in [-0.05, 0) is 70.4 Å². The first-order valence-electron chi connectivity index (χ1n) is 11.2. The number of carbonyl (C=O) groups is 2. The Kier molecular flexibility index (Phi) is 10.1. The van der Waals surface area contributed by atoms with E-state index in [-0.39, 0.29) is 24.8 Å². The number of aryl methyl sites for hydroxylation is 1. The normalized spacial score (nSPS) is 12.2. The molecule has 2 amide bonds. The molecule has 5 nitrogen and oxygen atoms in total. The van der Waals surface area contributed by atoms with E-state index >= 15 is 0 Å². The first kappa shape index (κ1) is 27.0. The van der Waals surface area contributed by atoms with E-state index in [1.807, 2.05) is 65.0 Å². The second-order valence-corrected chi connectivity index (χ2v) is 10.0. The minimum absolute atomic E-state index is 0.107. The van der Waals surface area contributed by atoms with Crippen LogP contribution in [0.2, 0.25) is 10.0 Å². The maximum absolute atomic E-state index is 13.3. The molecule has 0 aliphatic heterocycles. The van der Waals surface area contributed by atoms with Crippen molar-refractivity contribution in [2.45, 2.75) is 72.0 Å². The van der Waals surface area contributed by atoms with Gasteiger partial charge in [0, 0.05) is 18.5 Å². The fourth-order valence-corrected chi connectivity index (χ4v) is 3.72. The molecule has 0 fully saturated rings. The van der Waals surface area contributed by atoms with Gasteiger partial charge in [0.25, 0.3) is 0 Å². The van der Waals surface area contributed by atoms with Gasteiger partial charge in [-0.15, -0.1) is 0 Å². The summed E-state index contributed by atoms with van der Waals surface area (Å²) >= 11 is 12.2. The van der Waals surface area contributed by atoms with Crippen molar-refractivity contribution in [1.82, 2.24) is 10.2 Å². The van der Waals surface area contributed by atoms with Crippen LogP contribution in [0.4, 0.5) is 0 Å². The summed E-state index contributed by atoms with van der Waals surface area (Å²) in [5.74, 6) is 0.496. The van der Waals surface area contributed by atoms with Crippen molar-refractivity contribution in [2.24, 2.45) is 0 Å². The maximum Gasteiger partial charge on any atom is 0.243 e. The van der Waals surface area contributed by atoms with Crippen molar-refractivity contribution in [3.05, 3.63) is 63.6 Å². The van der Waals surface area contributed by atoms with E-state index in [1.54, 1.807) is 17.0 Å². The Labute approximate surface area is 207 Å². The van der Waals surface area contributed by atoms with Crippen molar-refractivity contribution in [2.75, 3.05) is 6.61 Å². The van der Waals surface area contributed by atoms with E-state index in [1.165, 1.54) is 0 Å². The molecule has 1 unspecified atom stereocenters. The maximum atomic E-state index is 13.3. The Morgan fingerprint density at radius 1 is 1.06 bits per heavy atom. The van der Waals surface area contributed by atoms with Crippen molar-refractivity contribution in [3.63, 3.8) is 0 Å². The summed E-state index contributed by atoms with van der Waals surface area (Å²) in [6.07, 6.45) is 1.31. The summed E-state index contributed by atoms with van der Waals surface area (Å²) in [7, 11) is 0. The molecule has 0 aliphatic rings. The number of halogens is 2. The van der Waals surface area contributed by atoms with Gasteiger partial charge in [-0.3, -0.25) is 9.59 Å². The highest BCUT2D eigenvalue weighted by molar-refractivity contribution is 6.42. The van der Waals surface area contributed by atoms with E-state index in [2.05, 4.69) is 5.32 Å². The molecular weight excluding hydrogens is 459 g/mol. The van der Waals surface area contributed by atoms with Crippen LogP contribution in [-0.2, 0) is 16.1 Å². The smallest absolute Gasteiger partial charge is 0.243 e. The monoisotopic (exact) mass is 492 g/mol. The summed E-state index contributed by atoms with van der Waals surface area (Å²) in [4.78, 5) is 27.9. The topological polar surface area (TPSA) is 58.6 Å². The SMILES string of the molecule is CCC(C(=O)NC(C)(C)C)N(Cc1ccc(Cl)c(Cl)c1)C(=O)CCCOc1ccc(C)cc1. The van der Waals surface area contributed by atoms with Gasteiger partial charge in [-0.1, -0.05) is 53.9 Å². The molecule has 0 aliphatic carbocycles. The Hall–Kier alpha value is -2.24. The van der Waals surface area contributed by atoms with Crippen LogP contribution in [0.25, 0.3) is 0 Å². The highest BCUT2D eigenvalue weighted by Gasteiger charge is 2.30. The lowest BCUT2D eigenvalue weighted by atomic mass is 10.0. The molecule has 2 rings (SSSR count). The Morgan fingerprint density at radius 3 is 2.30 bits per heavy atom. The van der Waals surface area contributed by atoms with Gasteiger partial charge in [-0.25, -0.2) is 0 Å². The number of carbonyl (C=O) groups excluding carboxylic acids is 2. The van der Waals surface area contributed by atoms with Crippen LogP contribution in [0.3, 0.4) is 0 Å². The summed E-state index contributed by atoms with van der Waals surface area (Å²) in [6, 6.07) is 12.5. The van der Waals surface area contributed by atoms with Gasteiger partial charge in [0.2, 0.25) is 11.8 Å². The van der Waals surface area contributed by atoms with Gasteiger partial charge in [0.1, 0.15) is 11.8 Å². The average Bonchev–Trinajstić information content (AvgIpc) is 2.73. The Balaban J connectivity index is 2.11. The number of ether oxygens (including phenoxy) is 1. The molecule has 180 valence electrons. The van der Waals surface area contributed by atoms with Crippen molar-refractivity contribution >= 4 is 35.0 Å². The Bertz CT molecular complexity index is 940. The molecule has 0 spiro atoms. The molecule has 0 heterocycles. The van der Waals surface area contributed by atoms with Gasteiger partial charge in [0.15, 0.2) is 0 Å². The lowest BCUT2D eigenvalue weighted by Gasteiger charge is -2.33. The van der Waals surface area contributed by atoms with E-state index in [0.717, 1.165) is 16.9 Å². The van der Waals surface area contributed by atoms with Crippen molar-refractivity contribution in [1.29, 1.82) is 0 Å². The highest BCUT2D eigenvalue weighted by Crippen LogP contribution is 2.24. The van der Waals surface area contributed by atoms with Gasteiger partial charge >= 0.3 is 0 Å². The number of benzene rings is 2. The molecule has 1 atom stereocenters. The van der Waals surface area contributed by atoms with E-state index in [4.69, 9.17) is 27.9 Å². The van der Waals surface area contributed by atoms with Gasteiger partial charge in [0.05, 0.1) is 16.7 Å². The van der Waals surface area contributed by atoms with Crippen molar-refractivity contribution < 1.29 is 14.3 Å². The molecule has 0 saturated heterocycles. The van der Waals surface area contributed by atoms with Crippen LogP contribution in [0.5, 0.6) is 5.75 Å². The largest absolute Gasteiger partial charge is 0.494 e. The quantitative estimate of drug-likeness (QED) is 0.402. The second-order valence-electron chi connectivity index (χ2n) is 9.20. The summed E-state index contributed by atoms with van der Waals surface area (Å²) in [5, 5.41) is 3.87. The van der Waals surface area contributed by atoms with Crippen LogP contribution >= 0.6 is 23.2 Å². The molecule has 0 saturated carbocycles. The fraction of sp³-hybridized carbons (Fsp3) is 0.462. The number of hydrogen-bond donors (Lipinski definition) is 1. The third kappa shape index (κ3) is 8.90. The van der Waals surface area contributed by atoms with Crippen LogP contribution in [0.1, 0.15) is 58.1 Å². The third-order valence-electron chi connectivity index (χ3n) is 5.05. The first-order chi connectivity index (χ1) is 15.5.